The molecule has 1 heterocycles. The summed E-state index contributed by atoms with van der Waals surface area (Å²) in [5, 5.41) is 12.7. The van der Waals surface area contributed by atoms with Gasteiger partial charge in [0, 0.05) is 26.3 Å². The van der Waals surface area contributed by atoms with Crippen molar-refractivity contribution in [1.82, 2.24) is 10.1 Å². The molecular weight excluding hydrogens is 236 g/mol. The van der Waals surface area contributed by atoms with Gasteiger partial charge in [-0.25, -0.2) is 0 Å². The molecule has 0 unspecified atom stereocenters. The standard InChI is InChI=1S/C12H20N2O4/c1-3-4-5-14(6-7-15)12(16)11-8-10(9-17-2)18-13-11/h8,15H,3-7,9H2,1-2H3. The number of unbranched alkanes of at least 4 members (excludes halogenated alkanes) is 1. The number of aliphatic hydroxyl groups is 1. The van der Waals surface area contributed by atoms with Crippen LogP contribution in [0.1, 0.15) is 36.0 Å². The van der Waals surface area contributed by atoms with E-state index in [1.54, 1.807) is 18.1 Å². The number of aromatic nitrogens is 1. The van der Waals surface area contributed by atoms with Gasteiger partial charge in [-0.2, -0.15) is 0 Å². The maximum Gasteiger partial charge on any atom is 0.276 e. The number of nitrogens with zero attached hydrogens (tertiary/aromatic N) is 2. The van der Waals surface area contributed by atoms with Crippen LogP contribution in [0.15, 0.2) is 10.6 Å². The molecule has 18 heavy (non-hydrogen) atoms. The Bertz CT molecular complexity index is 365. The summed E-state index contributed by atoms with van der Waals surface area (Å²) >= 11 is 0. The van der Waals surface area contributed by atoms with Crippen LogP contribution in [0.3, 0.4) is 0 Å². The number of hydrogen-bond acceptors (Lipinski definition) is 5. The molecular formula is C12H20N2O4. The zero-order valence-corrected chi connectivity index (χ0v) is 10.9. The molecule has 1 aromatic rings. The lowest BCUT2D eigenvalue weighted by Gasteiger charge is -2.19. The van der Waals surface area contributed by atoms with E-state index in [1.807, 2.05) is 6.92 Å². The Kier molecular flexibility index (Phi) is 6.38. The Morgan fingerprint density at radius 1 is 1.56 bits per heavy atom. The van der Waals surface area contributed by atoms with Gasteiger partial charge in [-0.15, -0.1) is 0 Å². The van der Waals surface area contributed by atoms with Crippen LogP contribution in [0.2, 0.25) is 0 Å². The highest BCUT2D eigenvalue weighted by Crippen LogP contribution is 2.09. The number of ether oxygens (including phenoxy) is 1. The van der Waals surface area contributed by atoms with Gasteiger partial charge in [0.25, 0.3) is 5.91 Å². The van der Waals surface area contributed by atoms with Crippen LogP contribution in [-0.4, -0.2) is 47.9 Å². The van der Waals surface area contributed by atoms with Crippen molar-refractivity contribution in [1.29, 1.82) is 0 Å². The Hall–Kier alpha value is -1.40. The molecule has 0 saturated carbocycles. The first-order valence-electron chi connectivity index (χ1n) is 6.07. The van der Waals surface area contributed by atoms with Gasteiger partial charge in [0.1, 0.15) is 6.61 Å². The van der Waals surface area contributed by atoms with Gasteiger partial charge in [-0.1, -0.05) is 18.5 Å². The monoisotopic (exact) mass is 256 g/mol. The number of carbonyl (C=O) groups is 1. The summed E-state index contributed by atoms with van der Waals surface area (Å²) in [6, 6.07) is 1.57. The third-order valence-electron chi connectivity index (χ3n) is 2.50. The zero-order chi connectivity index (χ0) is 13.4. The molecule has 1 N–H and O–H groups in total. The zero-order valence-electron chi connectivity index (χ0n) is 10.9. The second-order valence-electron chi connectivity index (χ2n) is 3.98. The summed E-state index contributed by atoms with van der Waals surface area (Å²) in [6.07, 6.45) is 1.89. The summed E-state index contributed by atoms with van der Waals surface area (Å²) in [6.45, 7) is 3.20. The summed E-state index contributed by atoms with van der Waals surface area (Å²) in [5.41, 5.74) is 0.256. The van der Waals surface area contributed by atoms with Gasteiger partial charge in [0.2, 0.25) is 0 Å². The molecule has 6 heteroatoms. The van der Waals surface area contributed by atoms with E-state index in [1.165, 1.54) is 0 Å². The first-order chi connectivity index (χ1) is 8.72. The van der Waals surface area contributed by atoms with Crippen molar-refractivity contribution in [3.05, 3.63) is 17.5 Å². The lowest BCUT2D eigenvalue weighted by molar-refractivity contribution is 0.0708. The molecule has 0 atom stereocenters. The second-order valence-corrected chi connectivity index (χ2v) is 3.98. The normalized spacial score (nSPS) is 10.6. The third kappa shape index (κ3) is 4.12. The molecule has 0 bridgehead atoms. The van der Waals surface area contributed by atoms with Gasteiger partial charge in [-0.05, 0) is 6.42 Å². The molecule has 0 aromatic carbocycles. The number of carbonyl (C=O) groups excluding carboxylic acids is 1. The highest BCUT2D eigenvalue weighted by molar-refractivity contribution is 5.92. The van der Waals surface area contributed by atoms with E-state index in [-0.39, 0.29) is 24.8 Å². The second kappa shape index (κ2) is 7.84. The van der Waals surface area contributed by atoms with Crippen LogP contribution >= 0.6 is 0 Å². The van der Waals surface area contributed by atoms with Crippen molar-refractivity contribution in [2.75, 3.05) is 26.8 Å². The number of hydrogen-bond donors (Lipinski definition) is 1. The van der Waals surface area contributed by atoms with Gasteiger partial charge >= 0.3 is 0 Å². The topological polar surface area (TPSA) is 75.8 Å². The molecule has 0 radical (unpaired) electrons. The largest absolute Gasteiger partial charge is 0.395 e. The van der Waals surface area contributed by atoms with Crippen molar-refractivity contribution in [2.24, 2.45) is 0 Å². The van der Waals surface area contributed by atoms with Crippen molar-refractivity contribution < 1.29 is 19.2 Å². The Labute approximate surface area is 107 Å². The van der Waals surface area contributed by atoms with E-state index in [4.69, 9.17) is 14.4 Å². The number of methoxy groups -OCH3 is 1. The molecule has 0 spiro atoms. The van der Waals surface area contributed by atoms with Crippen molar-refractivity contribution >= 4 is 5.91 Å². The van der Waals surface area contributed by atoms with Gasteiger partial charge in [0.15, 0.2) is 11.5 Å². The Balaban J connectivity index is 2.67. The molecule has 6 nitrogen and oxygen atoms in total. The first kappa shape index (κ1) is 14.7. The van der Waals surface area contributed by atoms with Gasteiger partial charge in [0.05, 0.1) is 6.61 Å². The van der Waals surface area contributed by atoms with Gasteiger partial charge in [-0.3, -0.25) is 4.79 Å². The Morgan fingerprint density at radius 3 is 2.94 bits per heavy atom. The molecule has 1 aromatic heterocycles. The SMILES string of the molecule is CCCCN(CCO)C(=O)c1cc(COC)on1. The van der Waals surface area contributed by atoms with Crippen molar-refractivity contribution in [3.8, 4) is 0 Å². The van der Waals surface area contributed by atoms with E-state index in [0.29, 0.717) is 18.8 Å². The average molecular weight is 256 g/mol. The predicted molar refractivity (Wildman–Crippen MR) is 65.1 cm³/mol. The molecule has 1 rings (SSSR count). The van der Waals surface area contributed by atoms with E-state index >= 15 is 0 Å². The average Bonchev–Trinajstić information content (AvgIpc) is 2.83. The maximum atomic E-state index is 12.1. The number of amides is 1. The van der Waals surface area contributed by atoms with Crippen LogP contribution in [0.4, 0.5) is 0 Å². The fourth-order valence-corrected chi connectivity index (χ4v) is 1.57. The third-order valence-corrected chi connectivity index (χ3v) is 2.50. The number of aliphatic hydroxyl groups excluding tert-OH is 1. The highest BCUT2D eigenvalue weighted by Gasteiger charge is 2.19. The summed E-state index contributed by atoms with van der Waals surface area (Å²) in [5.74, 6) is 0.295. The number of rotatable bonds is 8. The fourth-order valence-electron chi connectivity index (χ4n) is 1.57. The smallest absolute Gasteiger partial charge is 0.276 e. The first-order valence-corrected chi connectivity index (χ1v) is 6.07. The minimum Gasteiger partial charge on any atom is -0.395 e. The van der Waals surface area contributed by atoms with Crippen molar-refractivity contribution in [2.45, 2.75) is 26.4 Å². The quantitative estimate of drug-likeness (QED) is 0.752. The van der Waals surface area contributed by atoms with Crippen LogP contribution in [0.25, 0.3) is 0 Å². The molecule has 0 aliphatic carbocycles. The van der Waals surface area contributed by atoms with Crippen LogP contribution < -0.4 is 0 Å². The minimum atomic E-state index is -0.219. The van der Waals surface area contributed by atoms with Crippen LogP contribution in [0, 0.1) is 0 Å². The predicted octanol–water partition coefficient (Wildman–Crippen LogP) is 1.06. The van der Waals surface area contributed by atoms with Crippen molar-refractivity contribution in [3.63, 3.8) is 0 Å². The molecule has 102 valence electrons. The van der Waals surface area contributed by atoms with Gasteiger partial charge < -0.3 is 19.3 Å². The molecule has 0 aliphatic heterocycles. The highest BCUT2D eigenvalue weighted by atomic mass is 16.5. The fraction of sp³-hybridized carbons (Fsp3) is 0.667. The van der Waals surface area contributed by atoms with E-state index in [9.17, 15) is 4.79 Å². The van der Waals surface area contributed by atoms with E-state index < -0.39 is 0 Å². The maximum absolute atomic E-state index is 12.1. The summed E-state index contributed by atoms with van der Waals surface area (Å²) in [7, 11) is 1.54. The minimum absolute atomic E-state index is 0.0573. The lowest BCUT2D eigenvalue weighted by atomic mass is 10.2. The van der Waals surface area contributed by atoms with Crippen LogP contribution in [-0.2, 0) is 11.3 Å². The molecule has 0 aliphatic rings. The van der Waals surface area contributed by atoms with E-state index in [2.05, 4.69) is 5.16 Å². The Morgan fingerprint density at radius 2 is 2.33 bits per heavy atom. The summed E-state index contributed by atoms with van der Waals surface area (Å²) < 4.78 is 9.87. The van der Waals surface area contributed by atoms with Crippen LogP contribution in [0.5, 0.6) is 0 Å². The molecule has 0 saturated heterocycles. The summed E-state index contributed by atoms with van der Waals surface area (Å²) in [4.78, 5) is 13.7. The molecule has 1 amide bonds. The van der Waals surface area contributed by atoms with E-state index in [0.717, 1.165) is 12.8 Å². The lowest BCUT2D eigenvalue weighted by Crippen LogP contribution is -2.34. The molecule has 0 fully saturated rings.